The van der Waals surface area contributed by atoms with E-state index >= 15 is 0 Å². The van der Waals surface area contributed by atoms with E-state index in [1.165, 1.54) is 0 Å². The van der Waals surface area contributed by atoms with Crippen molar-refractivity contribution >= 4 is 9.84 Å². The molecule has 0 aliphatic rings. The minimum Gasteiger partial charge on any atom is -0.493 e. The van der Waals surface area contributed by atoms with Crippen LogP contribution in [0.1, 0.15) is 25.5 Å². The second-order valence-corrected chi connectivity index (χ2v) is 6.30. The van der Waals surface area contributed by atoms with Crippen molar-refractivity contribution in [3.8, 4) is 5.75 Å². The van der Waals surface area contributed by atoms with Crippen LogP contribution in [0, 0.1) is 0 Å². The van der Waals surface area contributed by atoms with E-state index in [0.29, 0.717) is 5.75 Å². The number of hydrogen-bond acceptors (Lipinski definition) is 4. The smallest absolute Gasteiger partial charge is 0.153 e. The maximum atomic E-state index is 11.2. The molecule has 0 saturated carbocycles. The van der Waals surface area contributed by atoms with Gasteiger partial charge < -0.3 is 9.84 Å². The average Bonchev–Trinajstić information content (AvgIpc) is 2.29. The first-order valence-corrected chi connectivity index (χ1v) is 7.38. The Morgan fingerprint density at radius 1 is 1.29 bits per heavy atom. The third kappa shape index (κ3) is 4.75. The highest BCUT2D eigenvalue weighted by atomic mass is 32.2. The molecule has 0 aliphatic carbocycles. The fourth-order valence-electron chi connectivity index (χ4n) is 1.27. The van der Waals surface area contributed by atoms with E-state index in [2.05, 4.69) is 0 Å². The van der Waals surface area contributed by atoms with Crippen molar-refractivity contribution in [3.63, 3.8) is 0 Å². The molecule has 0 spiro atoms. The van der Waals surface area contributed by atoms with E-state index in [4.69, 9.17) is 4.74 Å². The summed E-state index contributed by atoms with van der Waals surface area (Å²) in [5, 5.41) is 9.31. The Morgan fingerprint density at radius 3 is 2.35 bits per heavy atom. The Morgan fingerprint density at radius 2 is 1.88 bits per heavy atom. The van der Waals surface area contributed by atoms with Gasteiger partial charge in [-0.25, -0.2) is 8.42 Å². The highest BCUT2D eigenvalue weighted by Crippen LogP contribution is 2.17. The summed E-state index contributed by atoms with van der Waals surface area (Å²) in [5.41, 5.74) is 0.804. The maximum absolute atomic E-state index is 11.2. The molecule has 1 aromatic carbocycles. The molecular formula is C12H18O4S. The molecule has 0 amide bonds. The molecule has 0 heterocycles. The number of ether oxygens (including phenoxy) is 1. The third-order valence-electron chi connectivity index (χ3n) is 2.47. The van der Waals surface area contributed by atoms with Gasteiger partial charge in [-0.15, -0.1) is 0 Å². The van der Waals surface area contributed by atoms with Crippen molar-refractivity contribution in [1.82, 2.24) is 0 Å². The minimum atomic E-state index is -2.98. The lowest BCUT2D eigenvalue weighted by molar-refractivity contribution is 0.199. The molecule has 0 aromatic heterocycles. The Labute approximate surface area is 102 Å². The molecule has 1 N–H and O–H groups in total. The first-order chi connectivity index (χ1) is 7.94. The maximum Gasteiger partial charge on any atom is 0.153 e. The summed E-state index contributed by atoms with van der Waals surface area (Å²) in [6.07, 6.45) is -0.510. The Kier molecular flexibility index (Phi) is 4.96. The van der Waals surface area contributed by atoms with Crippen LogP contribution in [0.15, 0.2) is 24.3 Å². The van der Waals surface area contributed by atoms with Crippen molar-refractivity contribution in [1.29, 1.82) is 0 Å². The molecule has 1 rings (SSSR count). The van der Waals surface area contributed by atoms with Crippen LogP contribution in [0.4, 0.5) is 0 Å². The van der Waals surface area contributed by atoms with Gasteiger partial charge in [0.25, 0.3) is 0 Å². The highest BCUT2D eigenvalue weighted by molar-refractivity contribution is 7.91. The number of sulfone groups is 1. The van der Waals surface area contributed by atoms with E-state index in [1.807, 2.05) is 0 Å². The molecule has 96 valence electrons. The number of aliphatic hydroxyl groups is 1. The number of rotatable bonds is 6. The topological polar surface area (TPSA) is 63.6 Å². The second kappa shape index (κ2) is 6.02. The summed E-state index contributed by atoms with van der Waals surface area (Å²) in [4.78, 5) is 0. The van der Waals surface area contributed by atoms with Gasteiger partial charge in [-0.2, -0.15) is 0 Å². The molecule has 0 fully saturated rings. The lowest BCUT2D eigenvalue weighted by Gasteiger charge is -2.08. The first-order valence-electron chi connectivity index (χ1n) is 5.56. The number of benzene rings is 1. The van der Waals surface area contributed by atoms with Gasteiger partial charge in [-0.1, -0.05) is 19.1 Å². The molecular weight excluding hydrogens is 240 g/mol. The monoisotopic (exact) mass is 258 g/mol. The number of hydrogen-bond donors (Lipinski definition) is 1. The second-order valence-electron chi connectivity index (χ2n) is 3.83. The summed E-state index contributed by atoms with van der Waals surface area (Å²) in [7, 11) is -2.98. The molecule has 1 atom stereocenters. The van der Waals surface area contributed by atoms with Crippen LogP contribution in [0.2, 0.25) is 0 Å². The zero-order valence-corrected chi connectivity index (χ0v) is 10.9. The SMILES string of the molecule is CCS(=O)(=O)CCOc1ccc([C@H](C)O)cc1. The molecule has 5 heteroatoms. The summed E-state index contributed by atoms with van der Waals surface area (Å²) in [6, 6.07) is 6.96. The van der Waals surface area contributed by atoms with Crippen LogP contribution in [-0.4, -0.2) is 31.6 Å². The van der Waals surface area contributed by atoms with Gasteiger partial charge in [0.15, 0.2) is 9.84 Å². The van der Waals surface area contributed by atoms with Crippen molar-refractivity contribution in [2.24, 2.45) is 0 Å². The van der Waals surface area contributed by atoms with Crippen LogP contribution in [0.25, 0.3) is 0 Å². The average molecular weight is 258 g/mol. The largest absolute Gasteiger partial charge is 0.493 e. The molecule has 17 heavy (non-hydrogen) atoms. The predicted octanol–water partition coefficient (Wildman–Crippen LogP) is 1.55. The van der Waals surface area contributed by atoms with Crippen LogP contribution in [0.3, 0.4) is 0 Å². The molecule has 0 unspecified atom stereocenters. The van der Waals surface area contributed by atoms with Crippen molar-refractivity contribution in [3.05, 3.63) is 29.8 Å². The Hall–Kier alpha value is -1.07. The normalized spacial score (nSPS) is 13.4. The lowest BCUT2D eigenvalue weighted by atomic mass is 10.1. The van der Waals surface area contributed by atoms with E-state index in [0.717, 1.165) is 5.56 Å². The quantitative estimate of drug-likeness (QED) is 0.841. The van der Waals surface area contributed by atoms with Gasteiger partial charge in [0.1, 0.15) is 12.4 Å². The van der Waals surface area contributed by atoms with E-state index in [-0.39, 0.29) is 18.1 Å². The van der Waals surface area contributed by atoms with E-state index < -0.39 is 15.9 Å². The van der Waals surface area contributed by atoms with Gasteiger partial charge in [-0.3, -0.25) is 0 Å². The van der Waals surface area contributed by atoms with Crippen LogP contribution in [0.5, 0.6) is 5.75 Å². The third-order valence-corrected chi connectivity index (χ3v) is 4.13. The molecule has 0 bridgehead atoms. The van der Waals surface area contributed by atoms with Gasteiger partial charge in [0.05, 0.1) is 11.9 Å². The Bertz CT molecular complexity index is 434. The van der Waals surface area contributed by atoms with Crippen molar-refractivity contribution in [2.75, 3.05) is 18.1 Å². The van der Waals surface area contributed by atoms with Gasteiger partial charge in [0.2, 0.25) is 0 Å². The van der Waals surface area contributed by atoms with Gasteiger partial charge >= 0.3 is 0 Å². The van der Waals surface area contributed by atoms with E-state index in [1.54, 1.807) is 38.1 Å². The highest BCUT2D eigenvalue weighted by Gasteiger charge is 2.07. The summed E-state index contributed by atoms with van der Waals surface area (Å²) in [5.74, 6) is 0.777. The summed E-state index contributed by atoms with van der Waals surface area (Å²) in [6.45, 7) is 3.46. The van der Waals surface area contributed by atoms with E-state index in [9.17, 15) is 13.5 Å². The van der Waals surface area contributed by atoms with Crippen molar-refractivity contribution < 1.29 is 18.3 Å². The van der Waals surface area contributed by atoms with Crippen LogP contribution < -0.4 is 4.74 Å². The van der Waals surface area contributed by atoms with Crippen LogP contribution >= 0.6 is 0 Å². The Balaban J connectivity index is 2.48. The standard InChI is InChI=1S/C12H18O4S/c1-3-17(14,15)9-8-16-12-6-4-11(5-7-12)10(2)13/h4-7,10,13H,3,8-9H2,1-2H3/t10-/m0/s1. The molecule has 4 nitrogen and oxygen atoms in total. The molecule has 0 radical (unpaired) electrons. The first kappa shape index (κ1) is 14.0. The fourth-order valence-corrected chi connectivity index (χ4v) is 1.90. The zero-order valence-electron chi connectivity index (χ0n) is 10.1. The van der Waals surface area contributed by atoms with Crippen molar-refractivity contribution in [2.45, 2.75) is 20.0 Å². The molecule has 0 saturated heterocycles. The lowest BCUT2D eigenvalue weighted by Crippen LogP contribution is -2.15. The fraction of sp³-hybridized carbons (Fsp3) is 0.500. The minimum absolute atomic E-state index is 0.0294. The molecule has 0 aliphatic heterocycles. The molecule has 1 aromatic rings. The number of aliphatic hydroxyl groups excluding tert-OH is 1. The van der Waals surface area contributed by atoms with Crippen LogP contribution in [-0.2, 0) is 9.84 Å². The predicted molar refractivity (Wildman–Crippen MR) is 66.9 cm³/mol. The van der Waals surface area contributed by atoms with Gasteiger partial charge in [0, 0.05) is 5.75 Å². The summed E-state index contributed by atoms with van der Waals surface area (Å²) < 4.78 is 27.8. The van der Waals surface area contributed by atoms with Gasteiger partial charge in [-0.05, 0) is 24.6 Å². The summed E-state index contributed by atoms with van der Waals surface area (Å²) >= 11 is 0. The zero-order chi connectivity index (χ0) is 12.9.